The van der Waals surface area contributed by atoms with E-state index in [0.29, 0.717) is 12.6 Å². The number of hydrogen-bond donors (Lipinski definition) is 1. The van der Waals surface area contributed by atoms with Crippen LogP contribution in [0.1, 0.15) is 29.4 Å². The molecule has 0 aliphatic carbocycles. The molecule has 3 nitrogen and oxygen atoms in total. The monoisotopic (exact) mass is 276 g/mol. The molecule has 1 aromatic heterocycles. The lowest BCUT2D eigenvalue weighted by atomic mass is 10.3. The van der Waals surface area contributed by atoms with Crippen molar-refractivity contribution in [3.05, 3.63) is 45.9 Å². The molecule has 2 aromatic rings. The number of rotatable bonds is 6. The maximum atomic E-state index is 5.71. The summed E-state index contributed by atoms with van der Waals surface area (Å²) in [5.74, 6) is 0.886. The standard InChI is InChI=1S/C15H20N2OS/c1-11(2)16-9-14-12(3)17-15(19-14)10-18-13-7-5-4-6-8-13/h4-8,11,16H,9-10H2,1-3H3. The van der Waals surface area contributed by atoms with Gasteiger partial charge in [-0.05, 0) is 19.1 Å². The Labute approximate surface area is 118 Å². The van der Waals surface area contributed by atoms with Gasteiger partial charge >= 0.3 is 0 Å². The molecule has 1 heterocycles. The number of hydrogen-bond acceptors (Lipinski definition) is 4. The van der Waals surface area contributed by atoms with E-state index in [4.69, 9.17) is 4.74 Å². The number of aromatic nitrogens is 1. The van der Waals surface area contributed by atoms with Crippen molar-refractivity contribution in [3.63, 3.8) is 0 Å². The first-order chi connectivity index (χ1) is 9.15. The van der Waals surface area contributed by atoms with E-state index in [0.717, 1.165) is 23.0 Å². The lowest BCUT2D eigenvalue weighted by Gasteiger charge is -2.05. The van der Waals surface area contributed by atoms with Gasteiger partial charge < -0.3 is 10.1 Å². The summed E-state index contributed by atoms with van der Waals surface area (Å²) in [6.07, 6.45) is 0. The van der Waals surface area contributed by atoms with Crippen molar-refractivity contribution in [2.45, 2.75) is 40.0 Å². The van der Waals surface area contributed by atoms with Crippen LogP contribution in [0.25, 0.3) is 0 Å². The van der Waals surface area contributed by atoms with Crippen molar-refractivity contribution in [3.8, 4) is 5.75 Å². The first-order valence-electron chi connectivity index (χ1n) is 6.51. The smallest absolute Gasteiger partial charge is 0.140 e. The van der Waals surface area contributed by atoms with Crippen LogP contribution in [0.5, 0.6) is 5.75 Å². The van der Waals surface area contributed by atoms with Crippen LogP contribution in [-0.2, 0) is 13.2 Å². The van der Waals surface area contributed by atoms with Crippen LogP contribution in [0.15, 0.2) is 30.3 Å². The minimum atomic E-state index is 0.491. The second-order valence-electron chi connectivity index (χ2n) is 4.75. The summed E-state index contributed by atoms with van der Waals surface area (Å²) in [6.45, 7) is 7.77. The molecule has 19 heavy (non-hydrogen) atoms. The fraction of sp³-hybridized carbons (Fsp3) is 0.400. The van der Waals surface area contributed by atoms with Crippen LogP contribution in [0.3, 0.4) is 0 Å². The van der Waals surface area contributed by atoms with E-state index in [-0.39, 0.29) is 0 Å². The molecule has 102 valence electrons. The maximum absolute atomic E-state index is 5.71. The maximum Gasteiger partial charge on any atom is 0.140 e. The second kappa shape index (κ2) is 6.68. The van der Waals surface area contributed by atoms with E-state index in [1.807, 2.05) is 30.3 Å². The number of aryl methyl sites for hydroxylation is 1. The first-order valence-corrected chi connectivity index (χ1v) is 7.33. The molecule has 0 amide bonds. The second-order valence-corrected chi connectivity index (χ2v) is 5.92. The number of nitrogens with zero attached hydrogens (tertiary/aromatic N) is 1. The number of ether oxygens (including phenoxy) is 1. The minimum Gasteiger partial charge on any atom is -0.486 e. The third kappa shape index (κ3) is 4.33. The van der Waals surface area contributed by atoms with Crippen molar-refractivity contribution >= 4 is 11.3 Å². The summed E-state index contributed by atoms with van der Waals surface area (Å²) in [4.78, 5) is 5.85. The van der Waals surface area contributed by atoms with Gasteiger partial charge in [0.25, 0.3) is 0 Å². The summed E-state index contributed by atoms with van der Waals surface area (Å²) >= 11 is 1.72. The normalized spacial score (nSPS) is 10.9. The van der Waals surface area contributed by atoms with Crippen LogP contribution >= 0.6 is 11.3 Å². The van der Waals surface area contributed by atoms with Crippen molar-refractivity contribution < 1.29 is 4.74 Å². The highest BCUT2D eigenvalue weighted by atomic mass is 32.1. The molecule has 1 N–H and O–H groups in total. The molecule has 2 rings (SSSR count). The molecule has 0 fully saturated rings. The predicted molar refractivity (Wildman–Crippen MR) is 79.6 cm³/mol. The molecular formula is C15H20N2OS. The molecule has 0 saturated heterocycles. The molecule has 0 saturated carbocycles. The third-order valence-corrected chi connectivity index (χ3v) is 3.84. The largest absolute Gasteiger partial charge is 0.486 e. The summed E-state index contributed by atoms with van der Waals surface area (Å²) in [5.41, 5.74) is 1.10. The predicted octanol–water partition coefficient (Wildman–Crippen LogP) is 3.53. The average molecular weight is 276 g/mol. The van der Waals surface area contributed by atoms with E-state index in [1.54, 1.807) is 11.3 Å². The number of benzene rings is 1. The average Bonchev–Trinajstić information content (AvgIpc) is 2.76. The summed E-state index contributed by atoms with van der Waals surface area (Å²) in [6, 6.07) is 10.3. The molecule has 0 radical (unpaired) electrons. The zero-order valence-corrected chi connectivity index (χ0v) is 12.5. The molecule has 0 unspecified atom stereocenters. The van der Waals surface area contributed by atoms with Crippen LogP contribution in [0.2, 0.25) is 0 Å². The Balaban J connectivity index is 1.92. The number of para-hydroxylation sites is 1. The van der Waals surface area contributed by atoms with Crippen molar-refractivity contribution in [2.24, 2.45) is 0 Å². The molecule has 0 bridgehead atoms. The van der Waals surface area contributed by atoms with E-state index in [1.165, 1.54) is 4.88 Å². The Hall–Kier alpha value is -1.39. The van der Waals surface area contributed by atoms with E-state index < -0.39 is 0 Å². The molecule has 0 spiro atoms. The van der Waals surface area contributed by atoms with E-state index in [2.05, 4.69) is 31.1 Å². The summed E-state index contributed by atoms with van der Waals surface area (Å²) in [7, 11) is 0. The van der Waals surface area contributed by atoms with Gasteiger partial charge in [0, 0.05) is 17.5 Å². The van der Waals surface area contributed by atoms with E-state index >= 15 is 0 Å². The molecule has 0 aliphatic heterocycles. The Morgan fingerprint density at radius 3 is 2.68 bits per heavy atom. The summed E-state index contributed by atoms with van der Waals surface area (Å²) in [5, 5.41) is 4.45. The molecule has 4 heteroatoms. The Kier molecular flexibility index (Phi) is 4.93. The zero-order chi connectivity index (χ0) is 13.7. The molecule has 0 atom stereocenters. The third-order valence-electron chi connectivity index (χ3n) is 2.71. The van der Waals surface area contributed by atoms with Crippen molar-refractivity contribution in [1.29, 1.82) is 0 Å². The van der Waals surface area contributed by atoms with Gasteiger partial charge in [-0.2, -0.15) is 0 Å². The van der Waals surface area contributed by atoms with Crippen LogP contribution in [0, 0.1) is 6.92 Å². The quantitative estimate of drug-likeness (QED) is 0.876. The van der Waals surface area contributed by atoms with Crippen LogP contribution < -0.4 is 10.1 Å². The molecule has 1 aromatic carbocycles. The Morgan fingerprint density at radius 2 is 2.00 bits per heavy atom. The van der Waals surface area contributed by atoms with Gasteiger partial charge in [0.15, 0.2) is 0 Å². The summed E-state index contributed by atoms with van der Waals surface area (Å²) < 4.78 is 5.71. The van der Waals surface area contributed by atoms with Gasteiger partial charge in [-0.1, -0.05) is 32.0 Å². The van der Waals surface area contributed by atoms with Gasteiger partial charge in [0.2, 0.25) is 0 Å². The van der Waals surface area contributed by atoms with Gasteiger partial charge in [0.05, 0.1) is 5.69 Å². The highest BCUT2D eigenvalue weighted by molar-refractivity contribution is 7.11. The van der Waals surface area contributed by atoms with Gasteiger partial charge in [-0.25, -0.2) is 4.98 Å². The van der Waals surface area contributed by atoms with E-state index in [9.17, 15) is 0 Å². The number of thiazole rings is 1. The van der Waals surface area contributed by atoms with Crippen LogP contribution in [-0.4, -0.2) is 11.0 Å². The highest BCUT2D eigenvalue weighted by Crippen LogP contribution is 2.20. The van der Waals surface area contributed by atoms with Gasteiger partial charge in [-0.15, -0.1) is 11.3 Å². The fourth-order valence-corrected chi connectivity index (χ4v) is 2.61. The van der Waals surface area contributed by atoms with Gasteiger partial charge in [0.1, 0.15) is 17.4 Å². The Bertz CT molecular complexity index is 508. The van der Waals surface area contributed by atoms with Crippen LogP contribution in [0.4, 0.5) is 0 Å². The molecule has 0 aliphatic rings. The highest BCUT2D eigenvalue weighted by Gasteiger charge is 2.08. The Morgan fingerprint density at radius 1 is 1.26 bits per heavy atom. The van der Waals surface area contributed by atoms with Crippen molar-refractivity contribution in [1.82, 2.24) is 10.3 Å². The molecular weight excluding hydrogens is 256 g/mol. The lowest BCUT2D eigenvalue weighted by Crippen LogP contribution is -2.21. The first kappa shape index (κ1) is 14.0. The van der Waals surface area contributed by atoms with Crippen molar-refractivity contribution in [2.75, 3.05) is 0 Å². The lowest BCUT2D eigenvalue weighted by molar-refractivity contribution is 0.305. The zero-order valence-electron chi connectivity index (χ0n) is 11.6. The SMILES string of the molecule is Cc1nc(COc2ccccc2)sc1CNC(C)C. The number of nitrogens with one attached hydrogen (secondary N) is 1. The topological polar surface area (TPSA) is 34.1 Å². The minimum absolute atomic E-state index is 0.491. The van der Waals surface area contributed by atoms with Gasteiger partial charge in [-0.3, -0.25) is 0 Å². The fourth-order valence-electron chi connectivity index (χ4n) is 1.67.